The molecule has 1 aliphatic rings. The van der Waals surface area contributed by atoms with Gasteiger partial charge in [0.2, 0.25) is 11.6 Å². The lowest BCUT2D eigenvalue weighted by atomic mass is 10.0. The Bertz CT molecular complexity index is 803. The highest BCUT2D eigenvalue weighted by Gasteiger charge is 2.32. The van der Waals surface area contributed by atoms with Crippen molar-refractivity contribution in [2.24, 2.45) is 0 Å². The molecule has 0 saturated carbocycles. The van der Waals surface area contributed by atoms with Crippen LogP contribution in [0.15, 0.2) is 24.4 Å². The number of unbranched alkanes of at least 4 members (excludes halogenated alkanes) is 13. The summed E-state index contributed by atoms with van der Waals surface area (Å²) in [6.07, 6.45) is 21.0. The average molecular weight is 675 g/mol. The van der Waals surface area contributed by atoms with E-state index in [2.05, 4.69) is 6.92 Å². The van der Waals surface area contributed by atoms with Crippen molar-refractivity contribution in [3.63, 3.8) is 0 Å². The molecular weight excluding hydrogens is 619 g/mol. The first-order valence-electron chi connectivity index (χ1n) is 15.7. The molecule has 0 bridgehead atoms. The number of hydrogen-bond donors (Lipinski definition) is 0. The smallest absolute Gasteiger partial charge is 0.417 e. The lowest BCUT2D eigenvalue weighted by molar-refractivity contribution is -0.701. The largest absolute Gasteiger partial charge is 1.00 e. The molecule has 2 heterocycles. The van der Waals surface area contributed by atoms with Crippen molar-refractivity contribution in [1.29, 1.82) is 0 Å². The van der Waals surface area contributed by atoms with Crippen LogP contribution in [0, 0.1) is 0 Å². The molecule has 0 aliphatic carbocycles. The molecule has 7 nitrogen and oxygen atoms in total. The van der Waals surface area contributed by atoms with Gasteiger partial charge >= 0.3 is 6.09 Å². The number of halogens is 1. The van der Waals surface area contributed by atoms with Gasteiger partial charge in [-0.3, -0.25) is 4.79 Å². The number of amides is 2. The first-order chi connectivity index (χ1) is 19.0. The molecule has 2 rings (SSSR count). The number of carbonyl (C=O) groups is 2. The van der Waals surface area contributed by atoms with Gasteiger partial charge in [0.1, 0.15) is 19.7 Å². The maximum Gasteiger partial charge on any atom is 0.417 e. The van der Waals surface area contributed by atoms with Crippen LogP contribution in [-0.2, 0) is 32.1 Å². The van der Waals surface area contributed by atoms with Crippen LogP contribution in [0.2, 0.25) is 0 Å². The normalized spacial score (nSPS) is 16.2. The van der Waals surface area contributed by atoms with Gasteiger partial charge in [-0.1, -0.05) is 96.5 Å². The Morgan fingerprint density at radius 2 is 1.43 bits per heavy atom. The summed E-state index contributed by atoms with van der Waals surface area (Å²) >= 11 is 0. The van der Waals surface area contributed by atoms with Gasteiger partial charge in [0.25, 0.3) is 0 Å². The van der Waals surface area contributed by atoms with Crippen molar-refractivity contribution >= 4 is 12.0 Å². The summed E-state index contributed by atoms with van der Waals surface area (Å²) in [5.74, 6) is -0.337. The quantitative estimate of drug-likeness (QED) is 0.105. The van der Waals surface area contributed by atoms with E-state index in [-0.39, 0.29) is 55.2 Å². The number of carbonyl (C=O) groups excluding carboxylic acids is 2. The summed E-state index contributed by atoms with van der Waals surface area (Å²) in [6.45, 7) is 8.15. The Balaban J connectivity index is 0.00000800. The summed E-state index contributed by atoms with van der Waals surface area (Å²) in [7, 11) is 0. The number of pyridine rings is 1. The van der Waals surface area contributed by atoms with E-state index in [0.717, 1.165) is 36.6 Å². The maximum atomic E-state index is 12.5. The second-order valence-corrected chi connectivity index (χ2v) is 10.9. The fourth-order valence-corrected chi connectivity index (χ4v) is 5.05. The van der Waals surface area contributed by atoms with E-state index in [1.165, 1.54) is 90.4 Å². The predicted octanol–water partition coefficient (Wildman–Crippen LogP) is 4.14. The standard InChI is InChI=1S/C32H55N2O5.HI/c1-4-6-7-8-9-10-11-12-13-14-15-16-17-20-23-37-26-30-24-31(39-30)27-38-32(36)34(28(3)35)25-29-21-18-19-22-33(29)5-2;/h18-19,21-22,30-31H,4-17,20,23-27H2,1-3H3;1H/q+1;/p-1/t30-,31+;/m1./s1. The molecule has 0 aromatic carbocycles. The van der Waals surface area contributed by atoms with Crippen molar-refractivity contribution in [1.82, 2.24) is 4.90 Å². The number of nitrogens with zero attached hydrogens (tertiary/aromatic N) is 2. The fraction of sp³-hybridized carbons (Fsp3) is 0.781. The van der Waals surface area contributed by atoms with E-state index in [4.69, 9.17) is 14.2 Å². The number of aromatic nitrogens is 1. The first kappa shape index (κ1) is 36.8. The highest BCUT2D eigenvalue weighted by atomic mass is 127. The Labute approximate surface area is 260 Å². The molecule has 1 aromatic rings. The van der Waals surface area contributed by atoms with E-state index in [1.807, 2.05) is 35.9 Å². The van der Waals surface area contributed by atoms with Crippen molar-refractivity contribution < 1.29 is 52.3 Å². The summed E-state index contributed by atoms with van der Waals surface area (Å²) in [5, 5.41) is 0. The molecule has 1 aliphatic heterocycles. The fourth-order valence-electron chi connectivity index (χ4n) is 5.05. The van der Waals surface area contributed by atoms with Gasteiger partial charge in [0.05, 0.1) is 18.8 Å². The Morgan fingerprint density at radius 3 is 1.98 bits per heavy atom. The molecule has 230 valence electrons. The maximum absolute atomic E-state index is 12.5. The van der Waals surface area contributed by atoms with Crippen LogP contribution in [0.25, 0.3) is 0 Å². The van der Waals surface area contributed by atoms with Crippen molar-refractivity contribution in [2.45, 2.75) is 142 Å². The van der Waals surface area contributed by atoms with E-state index in [9.17, 15) is 9.59 Å². The second kappa shape index (κ2) is 23.3. The molecule has 1 saturated heterocycles. The summed E-state index contributed by atoms with van der Waals surface area (Å²) in [4.78, 5) is 25.7. The van der Waals surface area contributed by atoms with Crippen molar-refractivity contribution in [3.05, 3.63) is 30.1 Å². The Hall–Kier alpha value is -1.26. The third kappa shape index (κ3) is 15.7. The molecule has 1 fully saturated rings. The summed E-state index contributed by atoms with van der Waals surface area (Å²) < 4.78 is 19.0. The summed E-state index contributed by atoms with van der Waals surface area (Å²) in [6, 6.07) is 5.73. The molecule has 2 amide bonds. The zero-order valence-electron chi connectivity index (χ0n) is 25.4. The molecule has 40 heavy (non-hydrogen) atoms. The van der Waals surface area contributed by atoms with E-state index < -0.39 is 6.09 Å². The van der Waals surface area contributed by atoms with Gasteiger partial charge < -0.3 is 38.2 Å². The zero-order chi connectivity index (χ0) is 28.1. The van der Waals surface area contributed by atoms with Crippen LogP contribution >= 0.6 is 0 Å². The van der Waals surface area contributed by atoms with E-state index in [1.54, 1.807) is 0 Å². The molecule has 0 unspecified atom stereocenters. The van der Waals surface area contributed by atoms with Gasteiger partial charge in [-0.15, -0.1) is 0 Å². The second-order valence-electron chi connectivity index (χ2n) is 10.9. The first-order valence-corrected chi connectivity index (χ1v) is 15.7. The number of hydrogen-bond acceptors (Lipinski definition) is 5. The van der Waals surface area contributed by atoms with Gasteiger partial charge in [-0.05, 0) is 13.3 Å². The third-order valence-electron chi connectivity index (χ3n) is 7.55. The minimum Gasteiger partial charge on any atom is -1.00 e. The van der Waals surface area contributed by atoms with Gasteiger partial charge in [0, 0.05) is 32.1 Å². The third-order valence-corrected chi connectivity index (χ3v) is 7.55. The molecule has 1 aromatic heterocycles. The minimum atomic E-state index is -0.630. The Morgan fingerprint density at radius 1 is 0.875 bits per heavy atom. The van der Waals surface area contributed by atoms with Crippen LogP contribution in [0.1, 0.15) is 123 Å². The molecule has 0 N–H and O–H groups in total. The van der Waals surface area contributed by atoms with Crippen molar-refractivity contribution in [3.8, 4) is 0 Å². The highest BCUT2D eigenvalue weighted by molar-refractivity contribution is 5.90. The van der Waals surface area contributed by atoms with E-state index in [0.29, 0.717) is 6.61 Å². The number of imide groups is 1. The highest BCUT2D eigenvalue weighted by Crippen LogP contribution is 2.22. The number of ether oxygens (including phenoxy) is 3. The molecule has 0 spiro atoms. The number of aryl methyl sites for hydroxylation is 1. The monoisotopic (exact) mass is 674 g/mol. The van der Waals surface area contributed by atoms with E-state index >= 15 is 0 Å². The molecular formula is C32H55IN2O5. The van der Waals surface area contributed by atoms with Crippen LogP contribution < -0.4 is 28.5 Å². The lowest BCUT2D eigenvalue weighted by Crippen LogP contribution is -3.00. The van der Waals surface area contributed by atoms with Gasteiger partial charge in [-0.25, -0.2) is 14.3 Å². The van der Waals surface area contributed by atoms with Crippen LogP contribution in [0.5, 0.6) is 0 Å². The predicted molar refractivity (Wildman–Crippen MR) is 154 cm³/mol. The van der Waals surface area contributed by atoms with Gasteiger partial charge in [-0.2, -0.15) is 0 Å². The number of rotatable bonds is 22. The van der Waals surface area contributed by atoms with Crippen LogP contribution in [-0.4, -0.2) is 48.9 Å². The SMILES string of the molecule is CCCCCCCCCCCCCCCCOC[C@H]1C[C@@H](COC(=O)N(Cc2cccc[n+]2CC)C(C)=O)O1.[I-]. The molecule has 0 radical (unpaired) electrons. The summed E-state index contributed by atoms with van der Waals surface area (Å²) in [5.41, 5.74) is 0.878. The van der Waals surface area contributed by atoms with Crippen LogP contribution in [0.3, 0.4) is 0 Å². The zero-order valence-corrected chi connectivity index (χ0v) is 27.6. The topological polar surface area (TPSA) is 69.0 Å². The molecule has 2 atom stereocenters. The lowest BCUT2D eigenvalue weighted by Gasteiger charge is -2.35. The van der Waals surface area contributed by atoms with Crippen LogP contribution in [0.4, 0.5) is 4.79 Å². The van der Waals surface area contributed by atoms with Crippen molar-refractivity contribution in [2.75, 3.05) is 19.8 Å². The van der Waals surface area contributed by atoms with Gasteiger partial charge in [0.15, 0.2) is 6.20 Å². The molecule has 8 heteroatoms. The average Bonchev–Trinajstić information content (AvgIpc) is 2.91. The Kier molecular flexibility index (Phi) is 21.4. The minimum absolute atomic E-state index is 0.